The van der Waals surface area contributed by atoms with Crippen LogP contribution in [0.2, 0.25) is 0 Å². The van der Waals surface area contributed by atoms with E-state index < -0.39 is 5.97 Å². The molecular weight excluding hydrogens is 266 g/mol. The van der Waals surface area contributed by atoms with Gasteiger partial charge < -0.3 is 9.52 Å². The second-order valence-electron chi connectivity index (χ2n) is 6.17. The van der Waals surface area contributed by atoms with Crippen molar-refractivity contribution in [1.82, 2.24) is 4.98 Å². The monoisotopic (exact) mass is 293 g/mol. The molecule has 118 valence electrons. The predicted molar refractivity (Wildman–Crippen MR) is 81.4 cm³/mol. The van der Waals surface area contributed by atoms with Gasteiger partial charge in [-0.25, -0.2) is 4.98 Å². The molecule has 1 aromatic heterocycles. The molecule has 1 fully saturated rings. The fourth-order valence-electron chi connectivity index (χ4n) is 3.09. The van der Waals surface area contributed by atoms with Gasteiger partial charge in [0, 0.05) is 12.3 Å². The second-order valence-corrected chi connectivity index (χ2v) is 6.17. The highest BCUT2D eigenvalue weighted by Crippen LogP contribution is 2.29. The Balaban J connectivity index is 1.91. The summed E-state index contributed by atoms with van der Waals surface area (Å²) >= 11 is 0. The molecule has 1 heterocycles. The first-order valence-electron chi connectivity index (χ1n) is 8.42. The van der Waals surface area contributed by atoms with Crippen LogP contribution < -0.4 is 0 Å². The third kappa shape index (κ3) is 5.90. The molecule has 0 aliphatic heterocycles. The standard InChI is InChI=1S/C17H27NO3/c19-16(20)12-11-15-13-21-17(18-15)14-9-7-5-3-1-2-4-6-8-10-14/h13-14H,1-12H2,(H,19,20). The van der Waals surface area contributed by atoms with Crippen LogP contribution in [0.4, 0.5) is 0 Å². The fraction of sp³-hybridized carbons (Fsp3) is 0.765. The maximum absolute atomic E-state index is 10.6. The molecule has 0 radical (unpaired) electrons. The molecule has 1 aromatic rings. The topological polar surface area (TPSA) is 63.3 Å². The highest BCUT2D eigenvalue weighted by atomic mass is 16.4. The van der Waals surface area contributed by atoms with Crippen molar-refractivity contribution in [2.75, 3.05) is 0 Å². The Morgan fingerprint density at radius 3 is 2.24 bits per heavy atom. The van der Waals surface area contributed by atoms with Crippen molar-refractivity contribution in [3.8, 4) is 0 Å². The minimum atomic E-state index is -0.783. The number of carboxylic acid groups (broad SMARTS) is 1. The fourth-order valence-corrected chi connectivity index (χ4v) is 3.09. The molecule has 1 aliphatic carbocycles. The molecule has 2 rings (SSSR count). The Kier molecular flexibility index (Phi) is 6.77. The normalized spacial score (nSPS) is 19.0. The number of aromatic nitrogens is 1. The zero-order valence-electron chi connectivity index (χ0n) is 12.9. The molecule has 21 heavy (non-hydrogen) atoms. The third-order valence-corrected chi connectivity index (χ3v) is 4.37. The first-order chi connectivity index (χ1) is 10.3. The molecule has 0 unspecified atom stereocenters. The average Bonchev–Trinajstić information content (AvgIpc) is 2.90. The Morgan fingerprint density at radius 1 is 1.10 bits per heavy atom. The van der Waals surface area contributed by atoms with Gasteiger partial charge in [0.1, 0.15) is 6.26 Å². The van der Waals surface area contributed by atoms with Crippen molar-refractivity contribution in [3.63, 3.8) is 0 Å². The zero-order chi connectivity index (χ0) is 14.9. The van der Waals surface area contributed by atoms with Crippen molar-refractivity contribution in [2.24, 2.45) is 0 Å². The highest BCUT2D eigenvalue weighted by molar-refractivity contribution is 5.66. The van der Waals surface area contributed by atoms with Crippen molar-refractivity contribution in [3.05, 3.63) is 17.8 Å². The lowest BCUT2D eigenvalue weighted by Crippen LogP contribution is -2.01. The van der Waals surface area contributed by atoms with Crippen molar-refractivity contribution in [1.29, 1.82) is 0 Å². The van der Waals surface area contributed by atoms with E-state index in [1.54, 1.807) is 6.26 Å². The lowest BCUT2D eigenvalue weighted by atomic mass is 9.95. The molecule has 0 atom stereocenters. The van der Waals surface area contributed by atoms with E-state index in [0.717, 1.165) is 24.4 Å². The van der Waals surface area contributed by atoms with E-state index in [1.807, 2.05) is 0 Å². The van der Waals surface area contributed by atoms with Gasteiger partial charge in [-0.15, -0.1) is 0 Å². The number of nitrogens with zero attached hydrogens (tertiary/aromatic N) is 1. The van der Waals surface area contributed by atoms with Crippen LogP contribution in [0.3, 0.4) is 0 Å². The van der Waals surface area contributed by atoms with Gasteiger partial charge in [-0.2, -0.15) is 0 Å². The first-order valence-corrected chi connectivity index (χ1v) is 8.42. The summed E-state index contributed by atoms with van der Waals surface area (Å²) in [5.74, 6) is 0.464. The van der Waals surface area contributed by atoms with Crippen LogP contribution in [0.5, 0.6) is 0 Å². The Bertz CT molecular complexity index is 415. The molecule has 0 amide bonds. The molecule has 0 bridgehead atoms. The minimum absolute atomic E-state index is 0.122. The first kappa shape index (κ1) is 16.1. The number of oxazole rings is 1. The van der Waals surface area contributed by atoms with E-state index >= 15 is 0 Å². The number of carbonyl (C=O) groups is 1. The predicted octanol–water partition coefficient (Wildman–Crippen LogP) is 4.69. The summed E-state index contributed by atoms with van der Waals surface area (Å²) in [6, 6.07) is 0. The maximum Gasteiger partial charge on any atom is 0.303 e. The quantitative estimate of drug-likeness (QED) is 0.874. The molecule has 4 heteroatoms. The van der Waals surface area contributed by atoms with Crippen molar-refractivity contribution < 1.29 is 14.3 Å². The van der Waals surface area contributed by atoms with Gasteiger partial charge in [-0.1, -0.05) is 51.4 Å². The SMILES string of the molecule is O=C(O)CCc1coc(C2CCCCCCCCCC2)n1. The van der Waals surface area contributed by atoms with Gasteiger partial charge in [-0.05, 0) is 12.8 Å². The lowest BCUT2D eigenvalue weighted by molar-refractivity contribution is -0.136. The second kappa shape index (κ2) is 8.85. The molecule has 1 saturated carbocycles. The van der Waals surface area contributed by atoms with Gasteiger partial charge in [0.2, 0.25) is 0 Å². The van der Waals surface area contributed by atoms with E-state index in [1.165, 1.54) is 51.4 Å². The highest BCUT2D eigenvalue weighted by Gasteiger charge is 2.18. The molecule has 1 aliphatic rings. The van der Waals surface area contributed by atoms with Crippen LogP contribution >= 0.6 is 0 Å². The van der Waals surface area contributed by atoms with Crippen LogP contribution in [0.1, 0.15) is 88.1 Å². The van der Waals surface area contributed by atoms with Gasteiger partial charge in [0.15, 0.2) is 5.89 Å². The number of carboxylic acids is 1. The number of hydrogen-bond acceptors (Lipinski definition) is 3. The van der Waals surface area contributed by atoms with E-state index in [2.05, 4.69) is 4.98 Å². The third-order valence-electron chi connectivity index (χ3n) is 4.37. The molecule has 1 N–H and O–H groups in total. The van der Waals surface area contributed by atoms with Crippen molar-refractivity contribution in [2.45, 2.75) is 83.0 Å². The summed E-state index contributed by atoms with van der Waals surface area (Å²) in [4.78, 5) is 15.1. The van der Waals surface area contributed by atoms with Crippen LogP contribution in [0.25, 0.3) is 0 Å². The summed E-state index contributed by atoms with van der Waals surface area (Å²) in [5, 5.41) is 8.72. The van der Waals surface area contributed by atoms with Crippen LogP contribution in [-0.4, -0.2) is 16.1 Å². The van der Waals surface area contributed by atoms with Crippen LogP contribution in [-0.2, 0) is 11.2 Å². The summed E-state index contributed by atoms with van der Waals surface area (Å²) in [6.07, 6.45) is 15.1. The van der Waals surface area contributed by atoms with Gasteiger partial charge in [-0.3, -0.25) is 4.79 Å². The van der Waals surface area contributed by atoms with Gasteiger partial charge in [0.05, 0.1) is 12.1 Å². The van der Waals surface area contributed by atoms with Gasteiger partial charge >= 0.3 is 5.97 Å². The van der Waals surface area contributed by atoms with Crippen LogP contribution in [0.15, 0.2) is 10.7 Å². The average molecular weight is 293 g/mol. The number of hydrogen-bond donors (Lipinski definition) is 1. The van der Waals surface area contributed by atoms with E-state index in [-0.39, 0.29) is 6.42 Å². The number of aliphatic carboxylic acids is 1. The molecular formula is C17H27NO3. The largest absolute Gasteiger partial charge is 0.481 e. The lowest BCUT2D eigenvalue weighted by Gasteiger charge is -2.12. The molecule has 0 aromatic carbocycles. The maximum atomic E-state index is 10.6. The zero-order valence-corrected chi connectivity index (χ0v) is 12.9. The number of aryl methyl sites for hydroxylation is 1. The smallest absolute Gasteiger partial charge is 0.303 e. The Hall–Kier alpha value is -1.32. The van der Waals surface area contributed by atoms with E-state index in [0.29, 0.717) is 12.3 Å². The Labute approximate surface area is 127 Å². The summed E-state index contributed by atoms with van der Waals surface area (Å²) in [6.45, 7) is 0. The van der Waals surface area contributed by atoms with Crippen LogP contribution in [0, 0.1) is 0 Å². The van der Waals surface area contributed by atoms with Crippen molar-refractivity contribution >= 4 is 5.97 Å². The minimum Gasteiger partial charge on any atom is -0.481 e. The molecule has 4 nitrogen and oxygen atoms in total. The summed E-state index contributed by atoms with van der Waals surface area (Å²) in [5.41, 5.74) is 0.779. The molecule has 0 spiro atoms. The molecule has 0 saturated heterocycles. The summed E-state index contributed by atoms with van der Waals surface area (Å²) < 4.78 is 5.63. The Morgan fingerprint density at radius 2 is 1.67 bits per heavy atom. The summed E-state index contributed by atoms with van der Waals surface area (Å²) in [7, 11) is 0. The number of rotatable bonds is 4. The van der Waals surface area contributed by atoms with E-state index in [9.17, 15) is 4.79 Å². The van der Waals surface area contributed by atoms with Gasteiger partial charge in [0.25, 0.3) is 0 Å². The van der Waals surface area contributed by atoms with E-state index in [4.69, 9.17) is 9.52 Å².